The zero-order chi connectivity index (χ0) is 16.1. The molecule has 0 amide bonds. The highest BCUT2D eigenvalue weighted by molar-refractivity contribution is 5.73. The second-order valence-corrected chi connectivity index (χ2v) is 5.59. The van der Waals surface area contributed by atoms with E-state index in [9.17, 15) is 14.4 Å². The third-order valence-corrected chi connectivity index (χ3v) is 3.86. The van der Waals surface area contributed by atoms with Crippen LogP contribution in [0.3, 0.4) is 0 Å². The second-order valence-electron chi connectivity index (χ2n) is 5.59. The summed E-state index contributed by atoms with van der Waals surface area (Å²) in [5.74, 6) is 0. The predicted octanol–water partition coefficient (Wildman–Crippen LogP) is 1.91. The van der Waals surface area contributed by atoms with Gasteiger partial charge in [-0.15, -0.1) is 0 Å². The van der Waals surface area contributed by atoms with Crippen molar-refractivity contribution in [3.8, 4) is 0 Å². The van der Waals surface area contributed by atoms with Gasteiger partial charge in [0.1, 0.15) is 11.0 Å². The molecular weight excluding hydrogens is 282 g/mol. The number of nitrogens with one attached hydrogen (secondary N) is 2. The topological polar surface area (TPSA) is 87.7 Å². The lowest BCUT2D eigenvalue weighted by Gasteiger charge is -2.16. The summed E-state index contributed by atoms with van der Waals surface area (Å²) in [6.07, 6.45) is 5.85. The van der Waals surface area contributed by atoms with Crippen molar-refractivity contribution >= 4 is 11.0 Å². The van der Waals surface area contributed by atoms with Crippen LogP contribution in [0.25, 0.3) is 11.0 Å². The fourth-order valence-electron chi connectivity index (χ4n) is 2.69. The third-order valence-electron chi connectivity index (χ3n) is 3.86. The van der Waals surface area contributed by atoms with Crippen molar-refractivity contribution in [3.63, 3.8) is 0 Å². The largest absolute Gasteiger partial charge is 0.331 e. The zero-order valence-electron chi connectivity index (χ0n) is 13.2. The molecule has 6 nitrogen and oxygen atoms in total. The minimum Gasteiger partial charge on any atom is -0.331 e. The van der Waals surface area contributed by atoms with Crippen LogP contribution < -0.4 is 16.7 Å². The van der Waals surface area contributed by atoms with Crippen LogP contribution in [0.4, 0.5) is 0 Å². The van der Waals surface area contributed by atoms with Crippen molar-refractivity contribution in [1.29, 1.82) is 0 Å². The van der Waals surface area contributed by atoms with E-state index < -0.39 is 11.2 Å². The lowest BCUT2D eigenvalue weighted by molar-refractivity contribution is 0.582. The van der Waals surface area contributed by atoms with Crippen molar-refractivity contribution in [2.24, 2.45) is 0 Å². The quantitative estimate of drug-likeness (QED) is 0.766. The molecule has 0 fully saturated rings. The maximum atomic E-state index is 12.2. The highest BCUT2D eigenvalue weighted by atomic mass is 16.2. The van der Waals surface area contributed by atoms with Gasteiger partial charge in [-0.05, 0) is 19.3 Å². The molecule has 2 rings (SSSR count). The Hall–Kier alpha value is -2.11. The average molecular weight is 305 g/mol. The van der Waals surface area contributed by atoms with Gasteiger partial charge >= 0.3 is 5.69 Å². The van der Waals surface area contributed by atoms with E-state index in [2.05, 4.69) is 23.8 Å². The van der Waals surface area contributed by atoms with Crippen LogP contribution in [0.15, 0.2) is 20.4 Å². The predicted molar refractivity (Wildman–Crippen MR) is 87.6 cm³/mol. The summed E-state index contributed by atoms with van der Waals surface area (Å²) in [7, 11) is 0. The number of unbranched alkanes of at least 4 members (excludes halogenated alkanes) is 3. The first kappa shape index (κ1) is 16.3. The number of hydrogen-bond donors (Lipinski definition) is 2. The molecule has 0 radical (unpaired) electrons. The molecule has 2 N–H and O–H groups in total. The van der Waals surface area contributed by atoms with Crippen LogP contribution >= 0.6 is 0 Å². The number of nitrogens with zero attached hydrogens (tertiary/aromatic N) is 1. The lowest BCUT2D eigenvalue weighted by Crippen LogP contribution is -2.29. The van der Waals surface area contributed by atoms with Crippen LogP contribution in [-0.2, 0) is 13.0 Å². The van der Waals surface area contributed by atoms with Gasteiger partial charge in [-0.3, -0.25) is 19.6 Å². The van der Waals surface area contributed by atoms with Gasteiger partial charge < -0.3 is 4.57 Å². The van der Waals surface area contributed by atoms with E-state index in [0.29, 0.717) is 12.2 Å². The van der Waals surface area contributed by atoms with Gasteiger partial charge in [0.2, 0.25) is 0 Å². The maximum Gasteiger partial charge on any atom is 0.327 e. The number of fused-ring (bicyclic) bond motifs is 1. The number of aromatic nitrogens is 3. The molecule has 2 heterocycles. The van der Waals surface area contributed by atoms with Gasteiger partial charge in [-0.1, -0.05) is 33.1 Å². The summed E-state index contributed by atoms with van der Waals surface area (Å²) >= 11 is 0. The Morgan fingerprint density at radius 3 is 2.41 bits per heavy atom. The van der Waals surface area contributed by atoms with E-state index in [0.717, 1.165) is 44.2 Å². The summed E-state index contributed by atoms with van der Waals surface area (Å²) in [6, 6.07) is 1.54. The van der Waals surface area contributed by atoms with Gasteiger partial charge in [-0.2, -0.15) is 0 Å². The molecule has 0 aliphatic heterocycles. The Morgan fingerprint density at radius 2 is 1.73 bits per heavy atom. The first-order valence-electron chi connectivity index (χ1n) is 7.97. The molecule has 0 atom stereocenters. The lowest BCUT2D eigenvalue weighted by atomic mass is 10.1. The first-order chi connectivity index (χ1) is 10.6. The SMILES string of the molecule is CCCCCn1c(CCCC)cc(=O)c2c(=O)[nH]c(=O)[nH]c21. The molecule has 0 saturated carbocycles. The molecule has 0 saturated heterocycles. The highest BCUT2D eigenvalue weighted by Crippen LogP contribution is 2.12. The molecule has 0 aliphatic rings. The van der Waals surface area contributed by atoms with Crippen LogP contribution in [0.5, 0.6) is 0 Å². The molecule has 22 heavy (non-hydrogen) atoms. The van der Waals surface area contributed by atoms with Gasteiger partial charge in [0.25, 0.3) is 5.56 Å². The van der Waals surface area contributed by atoms with E-state index in [1.54, 1.807) is 0 Å². The van der Waals surface area contributed by atoms with E-state index in [1.165, 1.54) is 6.07 Å². The van der Waals surface area contributed by atoms with Crippen molar-refractivity contribution in [1.82, 2.24) is 14.5 Å². The Labute approximate surface area is 128 Å². The minimum absolute atomic E-state index is 0.0383. The number of aryl methyl sites for hydroxylation is 2. The highest BCUT2D eigenvalue weighted by Gasteiger charge is 2.13. The molecule has 0 aromatic carbocycles. The van der Waals surface area contributed by atoms with Crippen molar-refractivity contribution < 1.29 is 0 Å². The van der Waals surface area contributed by atoms with E-state index in [4.69, 9.17) is 0 Å². The Balaban J connectivity index is 2.66. The average Bonchev–Trinajstić information content (AvgIpc) is 2.46. The maximum absolute atomic E-state index is 12.2. The summed E-state index contributed by atoms with van der Waals surface area (Å²) < 4.78 is 1.93. The zero-order valence-corrected chi connectivity index (χ0v) is 13.2. The van der Waals surface area contributed by atoms with Crippen molar-refractivity contribution in [3.05, 3.63) is 42.8 Å². The number of pyridine rings is 1. The summed E-state index contributed by atoms with van der Waals surface area (Å²) in [6.45, 7) is 4.91. The summed E-state index contributed by atoms with van der Waals surface area (Å²) in [5.41, 5.74) is -0.283. The molecular formula is C16H23N3O3. The smallest absolute Gasteiger partial charge is 0.327 e. The molecule has 0 bridgehead atoms. The molecule has 2 aromatic rings. The summed E-state index contributed by atoms with van der Waals surface area (Å²) in [5, 5.41) is 0.0383. The van der Waals surface area contributed by atoms with Crippen LogP contribution in [0.1, 0.15) is 51.6 Å². The minimum atomic E-state index is -0.616. The van der Waals surface area contributed by atoms with Gasteiger partial charge in [0.05, 0.1) is 0 Å². The fourth-order valence-corrected chi connectivity index (χ4v) is 2.69. The first-order valence-corrected chi connectivity index (χ1v) is 7.97. The monoisotopic (exact) mass is 305 g/mol. The fraction of sp³-hybridized carbons (Fsp3) is 0.562. The molecule has 2 aromatic heterocycles. The molecule has 0 unspecified atom stereocenters. The van der Waals surface area contributed by atoms with Crippen molar-refractivity contribution in [2.75, 3.05) is 0 Å². The number of hydrogen-bond acceptors (Lipinski definition) is 3. The second kappa shape index (κ2) is 7.24. The Kier molecular flexibility index (Phi) is 5.35. The summed E-state index contributed by atoms with van der Waals surface area (Å²) in [4.78, 5) is 40.5. The number of rotatable bonds is 7. The Bertz CT molecular complexity index is 814. The van der Waals surface area contributed by atoms with Crippen molar-refractivity contribution in [2.45, 2.75) is 58.9 Å². The third kappa shape index (κ3) is 3.37. The molecule has 120 valence electrons. The number of H-pyrrole nitrogens is 2. The normalized spacial score (nSPS) is 11.2. The van der Waals surface area contributed by atoms with Crippen LogP contribution in [0.2, 0.25) is 0 Å². The van der Waals surface area contributed by atoms with E-state index >= 15 is 0 Å². The molecule has 0 spiro atoms. The van der Waals surface area contributed by atoms with Gasteiger partial charge in [-0.25, -0.2) is 4.79 Å². The number of aromatic amines is 2. The van der Waals surface area contributed by atoms with Gasteiger partial charge in [0.15, 0.2) is 5.43 Å². The van der Waals surface area contributed by atoms with E-state index in [1.807, 2.05) is 4.57 Å². The molecule has 6 heteroatoms. The van der Waals surface area contributed by atoms with Gasteiger partial charge in [0, 0.05) is 18.3 Å². The molecule has 0 aliphatic carbocycles. The van der Waals surface area contributed by atoms with Crippen LogP contribution in [-0.4, -0.2) is 14.5 Å². The standard InChI is InChI=1S/C16H23N3O3/c1-3-5-7-9-19-11(8-6-4-2)10-12(20)13-14(19)17-16(22)18-15(13)21/h10H,3-9H2,1-2H3,(H2,17,18,21,22). The van der Waals surface area contributed by atoms with Crippen LogP contribution in [0, 0.1) is 0 Å². The van der Waals surface area contributed by atoms with E-state index in [-0.39, 0.29) is 10.8 Å². The Morgan fingerprint density at radius 1 is 1.00 bits per heavy atom.